The number of rotatable bonds is 6. The van der Waals surface area contributed by atoms with Crippen molar-refractivity contribution in [1.29, 1.82) is 0 Å². The summed E-state index contributed by atoms with van der Waals surface area (Å²) in [6.07, 6.45) is -0.172. The second-order valence-corrected chi connectivity index (χ2v) is 6.55. The number of hydrogen-bond acceptors (Lipinski definition) is 6. The highest BCUT2D eigenvalue weighted by atomic mass is 16.3. The van der Waals surface area contributed by atoms with Gasteiger partial charge in [-0.2, -0.15) is 0 Å². The first-order chi connectivity index (χ1) is 9.85. The number of aliphatic hydroxyl groups excluding tert-OH is 3. The van der Waals surface area contributed by atoms with Gasteiger partial charge in [-0.25, -0.2) is 0 Å². The van der Waals surface area contributed by atoms with Crippen molar-refractivity contribution in [2.45, 2.75) is 57.5 Å². The molecule has 1 rings (SSSR count). The van der Waals surface area contributed by atoms with Crippen molar-refractivity contribution in [2.75, 3.05) is 39.3 Å². The molecule has 6 nitrogen and oxygen atoms in total. The van der Waals surface area contributed by atoms with Gasteiger partial charge in [-0.15, -0.1) is 0 Å². The molecule has 1 aliphatic rings. The van der Waals surface area contributed by atoms with Gasteiger partial charge >= 0.3 is 0 Å². The SMILES string of the molecule is CC(O)CN1CCNCCNCC1(CC(C)O)CC(C)O. The number of nitrogens with one attached hydrogen (secondary N) is 2. The van der Waals surface area contributed by atoms with Crippen molar-refractivity contribution in [1.82, 2.24) is 15.5 Å². The minimum Gasteiger partial charge on any atom is -0.393 e. The summed E-state index contributed by atoms with van der Waals surface area (Å²) in [5, 5.41) is 36.5. The van der Waals surface area contributed by atoms with E-state index in [-0.39, 0.29) is 5.54 Å². The van der Waals surface area contributed by atoms with E-state index in [4.69, 9.17) is 0 Å². The molecule has 3 atom stereocenters. The van der Waals surface area contributed by atoms with E-state index in [2.05, 4.69) is 15.5 Å². The third-order valence-electron chi connectivity index (χ3n) is 4.00. The first kappa shape index (κ1) is 18.8. The van der Waals surface area contributed by atoms with Crippen LogP contribution in [0.5, 0.6) is 0 Å². The molecule has 1 fully saturated rings. The van der Waals surface area contributed by atoms with Crippen molar-refractivity contribution in [2.24, 2.45) is 0 Å². The second kappa shape index (κ2) is 9.02. The van der Waals surface area contributed by atoms with E-state index in [1.54, 1.807) is 20.8 Å². The van der Waals surface area contributed by atoms with E-state index in [1.165, 1.54) is 0 Å². The predicted octanol–water partition coefficient (Wildman–Crippen LogP) is -0.857. The lowest BCUT2D eigenvalue weighted by Gasteiger charge is -2.46. The van der Waals surface area contributed by atoms with Crippen LogP contribution in [-0.2, 0) is 0 Å². The Bertz CT molecular complexity index is 275. The molecule has 0 amide bonds. The number of hydrogen-bond donors (Lipinski definition) is 5. The van der Waals surface area contributed by atoms with Crippen LogP contribution in [0.2, 0.25) is 0 Å². The van der Waals surface area contributed by atoms with Gasteiger partial charge in [0.05, 0.1) is 18.3 Å². The van der Waals surface area contributed by atoms with Gasteiger partial charge in [0.2, 0.25) is 0 Å². The minimum atomic E-state index is -0.448. The van der Waals surface area contributed by atoms with Crippen molar-refractivity contribution in [3.8, 4) is 0 Å². The Morgan fingerprint density at radius 1 is 0.905 bits per heavy atom. The molecule has 0 saturated carbocycles. The van der Waals surface area contributed by atoms with Crippen LogP contribution in [-0.4, -0.2) is 83.3 Å². The van der Waals surface area contributed by atoms with Gasteiger partial charge in [0.15, 0.2) is 0 Å². The Kier molecular flexibility index (Phi) is 8.08. The zero-order valence-corrected chi connectivity index (χ0v) is 13.7. The van der Waals surface area contributed by atoms with E-state index in [9.17, 15) is 15.3 Å². The third-order valence-corrected chi connectivity index (χ3v) is 4.00. The smallest absolute Gasteiger partial charge is 0.0639 e. The maximum Gasteiger partial charge on any atom is 0.0639 e. The molecule has 0 aromatic carbocycles. The van der Waals surface area contributed by atoms with Crippen LogP contribution in [0, 0.1) is 0 Å². The molecule has 1 heterocycles. The molecule has 126 valence electrons. The monoisotopic (exact) mass is 303 g/mol. The molecular weight excluding hydrogens is 270 g/mol. The highest BCUT2D eigenvalue weighted by Crippen LogP contribution is 2.28. The minimum absolute atomic E-state index is 0.342. The van der Waals surface area contributed by atoms with Crippen molar-refractivity contribution in [3.63, 3.8) is 0 Å². The molecule has 21 heavy (non-hydrogen) atoms. The van der Waals surface area contributed by atoms with Gasteiger partial charge < -0.3 is 26.0 Å². The zero-order valence-electron chi connectivity index (χ0n) is 13.7. The summed E-state index contributed by atoms with van der Waals surface area (Å²) in [5.74, 6) is 0. The molecule has 0 aromatic heterocycles. The van der Waals surface area contributed by atoms with Gasteiger partial charge in [0.25, 0.3) is 0 Å². The Labute approximate surface area is 128 Å². The lowest BCUT2D eigenvalue weighted by Crippen LogP contribution is -2.59. The lowest BCUT2D eigenvalue weighted by atomic mass is 9.84. The van der Waals surface area contributed by atoms with E-state index >= 15 is 0 Å². The summed E-state index contributed by atoms with van der Waals surface area (Å²) in [6.45, 7) is 10.0. The standard InChI is InChI=1S/C15H33N3O3/c1-12(19)8-15(9-13(2)20)11-17-5-4-16-6-7-18(15)10-14(3)21/h12-14,16-17,19-21H,4-11H2,1-3H3. The fraction of sp³-hybridized carbons (Fsp3) is 1.00. The fourth-order valence-corrected chi connectivity index (χ4v) is 3.38. The van der Waals surface area contributed by atoms with Gasteiger partial charge in [-0.3, -0.25) is 4.90 Å². The molecule has 0 bridgehead atoms. The molecular formula is C15H33N3O3. The first-order valence-corrected chi connectivity index (χ1v) is 8.06. The molecule has 3 unspecified atom stereocenters. The maximum absolute atomic E-state index is 9.95. The van der Waals surface area contributed by atoms with Gasteiger partial charge in [-0.1, -0.05) is 0 Å². The summed E-state index contributed by atoms with van der Waals surface area (Å²) in [6, 6.07) is 0. The maximum atomic E-state index is 9.95. The van der Waals surface area contributed by atoms with Crippen LogP contribution in [0.25, 0.3) is 0 Å². The topological polar surface area (TPSA) is 88.0 Å². The van der Waals surface area contributed by atoms with E-state index in [1.807, 2.05) is 0 Å². The lowest BCUT2D eigenvalue weighted by molar-refractivity contribution is -0.0179. The summed E-state index contributed by atoms with van der Waals surface area (Å²) in [7, 11) is 0. The van der Waals surface area contributed by atoms with Crippen LogP contribution < -0.4 is 10.6 Å². The molecule has 0 aliphatic carbocycles. The fourth-order valence-electron chi connectivity index (χ4n) is 3.38. The normalized spacial score (nSPS) is 30.0. The van der Waals surface area contributed by atoms with Gasteiger partial charge in [0, 0.05) is 44.8 Å². The highest BCUT2D eigenvalue weighted by Gasteiger charge is 2.39. The number of aliphatic hydroxyl groups is 3. The molecule has 5 N–H and O–H groups in total. The average Bonchev–Trinajstić information content (AvgIpc) is 2.40. The summed E-state index contributed by atoms with van der Waals surface area (Å²) >= 11 is 0. The van der Waals surface area contributed by atoms with Crippen LogP contribution in [0.3, 0.4) is 0 Å². The quantitative estimate of drug-likeness (QED) is 0.439. The predicted molar refractivity (Wildman–Crippen MR) is 84.3 cm³/mol. The largest absolute Gasteiger partial charge is 0.393 e. The zero-order chi connectivity index (χ0) is 15.9. The van der Waals surface area contributed by atoms with E-state index in [0.717, 1.165) is 26.2 Å². The van der Waals surface area contributed by atoms with Gasteiger partial charge in [-0.05, 0) is 33.6 Å². The average molecular weight is 303 g/mol. The highest BCUT2D eigenvalue weighted by molar-refractivity contribution is 4.97. The Hall–Kier alpha value is -0.240. The summed E-state index contributed by atoms with van der Waals surface area (Å²) in [4.78, 5) is 2.22. The Morgan fingerprint density at radius 3 is 2.00 bits per heavy atom. The molecule has 1 aliphatic heterocycles. The second-order valence-electron chi connectivity index (χ2n) is 6.55. The molecule has 1 saturated heterocycles. The van der Waals surface area contributed by atoms with E-state index in [0.29, 0.717) is 25.9 Å². The van der Waals surface area contributed by atoms with Crippen molar-refractivity contribution < 1.29 is 15.3 Å². The Morgan fingerprint density at radius 2 is 1.48 bits per heavy atom. The molecule has 0 aromatic rings. The summed E-state index contributed by atoms with van der Waals surface area (Å²) in [5.41, 5.74) is -0.342. The van der Waals surface area contributed by atoms with E-state index < -0.39 is 18.3 Å². The molecule has 0 radical (unpaired) electrons. The number of β-amino-alcohol motifs (C(OH)–C–C–N with tert-alkyl or cyclic N) is 1. The first-order valence-electron chi connectivity index (χ1n) is 8.06. The van der Waals surface area contributed by atoms with Crippen LogP contribution in [0.15, 0.2) is 0 Å². The molecule has 0 spiro atoms. The molecule has 6 heteroatoms. The van der Waals surface area contributed by atoms with Gasteiger partial charge in [0.1, 0.15) is 0 Å². The summed E-state index contributed by atoms with van der Waals surface area (Å²) < 4.78 is 0. The Balaban J connectivity index is 3.02. The van der Waals surface area contributed by atoms with Crippen LogP contribution in [0.1, 0.15) is 33.6 Å². The number of nitrogens with zero attached hydrogens (tertiary/aromatic N) is 1. The van der Waals surface area contributed by atoms with Crippen LogP contribution in [0.4, 0.5) is 0 Å². The van der Waals surface area contributed by atoms with Crippen molar-refractivity contribution in [3.05, 3.63) is 0 Å². The third kappa shape index (κ3) is 6.59. The van der Waals surface area contributed by atoms with Crippen LogP contribution >= 0.6 is 0 Å². The van der Waals surface area contributed by atoms with Crippen molar-refractivity contribution >= 4 is 0 Å².